The third-order valence-electron chi connectivity index (χ3n) is 4.85. The molecular weight excluding hydrogens is 361 g/mol. The lowest BCUT2D eigenvalue weighted by atomic mass is 10.0. The largest absolute Gasteiger partial charge is 0.343 e. The maximum atomic E-state index is 13.5. The number of halogens is 1. The lowest BCUT2D eigenvalue weighted by molar-refractivity contribution is -0.127. The van der Waals surface area contributed by atoms with Crippen molar-refractivity contribution in [3.05, 3.63) is 35.6 Å². The molecule has 2 heterocycles. The molecule has 0 bridgehead atoms. The van der Waals surface area contributed by atoms with E-state index in [1.807, 2.05) is 0 Å². The lowest BCUT2D eigenvalue weighted by Crippen LogP contribution is -2.40. The van der Waals surface area contributed by atoms with Crippen LogP contribution in [0.25, 0.3) is 0 Å². The van der Waals surface area contributed by atoms with Crippen LogP contribution in [-0.4, -0.2) is 62.8 Å². The minimum absolute atomic E-state index is 0.0115. The summed E-state index contributed by atoms with van der Waals surface area (Å²) < 4.78 is 41.6. The Morgan fingerprint density at radius 3 is 2.88 bits per heavy atom. The Kier molecular flexibility index (Phi) is 5.91. The Morgan fingerprint density at radius 2 is 2.19 bits per heavy atom. The molecule has 9 heteroatoms. The van der Waals surface area contributed by atoms with Crippen LogP contribution >= 0.6 is 0 Å². The summed E-state index contributed by atoms with van der Waals surface area (Å²) in [4.78, 5) is 18.7. The summed E-state index contributed by atoms with van der Waals surface area (Å²) in [5.74, 6) is -0.285. The van der Waals surface area contributed by atoms with Gasteiger partial charge in [-0.1, -0.05) is 12.1 Å². The number of nitrogens with zero attached hydrogens (tertiary/aromatic N) is 2. The summed E-state index contributed by atoms with van der Waals surface area (Å²) in [6.45, 7) is 1.56. The molecule has 0 unspecified atom stereocenters. The summed E-state index contributed by atoms with van der Waals surface area (Å²) in [6, 6.07) is 5.32. The van der Waals surface area contributed by atoms with E-state index in [1.165, 1.54) is 17.2 Å². The predicted octanol–water partition coefficient (Wildman–Crippen LogP) is 1.04. The number of hydroxylamine groups is 2. The monoisotopic (exact) mass is 385 g/mol. The van der Waals surface area contributed by atoms with Gasteiger partial charge in [-0.05, 0) is 30.5 Å². The summed E-state index contributed by atoms with van der Waals surface area (Å²) in [5.41, 5.74) is 0.558. The number of hydrogen-bond donors (Lipinski definition) is 1. The van der Waals surface area contributed by atoms with Gasteiger partial charge in [-0.2, -0.15) is 5.06 Å². The fourth-order valence-corrected chi connectivity index (χ4v) is 5.05. The van der Waals surface area contributed by atoms with Gasteiger partial charge < -0.3 is 4.90 Å². The summed E-state index contributed by atoms with van der Waals surface area (Å²) >= 11 is 0. The highest BCUT2D eigenvalue weighted by atomic mass is 32.2. The number of rotatable bonds is 7. The van der Waals surface area contributed by atoms with Gasteiger partial charge in [-0.3, -0.25) is 9.63 Å². The molecule has 0 aromatic heterocycles. The molecule has 1 aromatic carbocycles. The fourth-order valence-electron chi connectivity index (χ4n) is 3.50. The van der Waals surface area contributed by atoms with Crippen LogP contribution in [0.4, 0.5) is 4.39 Å². The molecule has 2 atom stereocenters. The van der Waals surface area contributed by atoms with E-state index in [0.717, 1.165) is 13.0 Å². The molecule has 144 valence electrons. The molecule has 2 aliphatic heterocycles. The molecule has 2 saturated heterocycles. The molecule has 1 aromatic rings. The number of sulfonamides is 1. The Morgan fingerprint density at radius 1 is 1.38 bits per heavy atom. The van der Waals surface area contributed by atoms with Crippen LogP contribution in [0.1, 0.15) is 30.9 Å². The van der Waals surface area contributed by atoms with E-state index in [2.05, 4.69) is 4.72 Å². The highest BCUT2D eigenvalue weighted by Crippen LogP contribution is 2.33. The van der Waals surface area contributed by atoms with E-state index < -0.39 is 27.1 Å². The number of hydrogen-bond acceptors (Lipinski definition) is 5. The van der Waals surface area contributed by atoms with Crippen LogP contribution in [0.5, 0.6) is 0 Å². The average molecular weight is 385 g/mol. The Bertz CT molecular complexity index is 758. The average Bonchev–Trinajstić information content (AvgIpc) is 3.18. The van der Waals surface area contributed by atoms with E-state index in [0.29, 0.717) is 24.9 Å². The van der Waals surface area contributed by atoms with E-state index in [1.54, 1.807) is 24.1 Å². The topological polar surface area (TPSA) is 79.0 Å². The van der Waals surface area contributed by atoms with Crippen molar-refractivity contribution < 1.29 is 22.4 Å². The molecule has 0 radical (unpaired) electrons. The molecule has 0 aliphatic carbocycles. The van der Waals surface area contributed by atoms with Crippen molar-refractivity contribution in [2.45, 2.75) is 30.6 Å². The van der Waals surface area contributed by atoms with E-state index >= 15 is 0 Å². The van der Waals surface area contributed by atoms with Crippen molar-refractivity contribution in [2.24, 2.45) is 0 Å². The highest BCUT2D eigenvalue weighted by Gasteiger charge is 2.43. The number of carbonyl (C=O) groups is 1. The Balaban J connectivity index is 1.61. The van der Waals surface area contributed by atoms with Gasteiger partial charge in [0.15, 0.2) is 0 Å². The first kappa shape index (κ1) is 19.2. The summed E-state index contributed by atoms with van der Waals surface area (Å²) in [5, 5.41) is 0.629. The molecule has 1 N–H and O–H groups in total. The van der Waals surface area contributed by atoms with Gasteiger partial charge >= 0.3 is 0 Å². The van der Waals surface area contributed by atoms with Gasteiger partial charge in [0.1, 0.15) is 11.1 Å². The zero-order valence-corrected chi connectivity index (χ0v) is 15.5. The SMILES string of the molecule is CN1OC[C@H](S(=O)(=O)NCCCN2CCCC2=O)[C@@H]1c1cccc(F)c1. The van der Waals surface area contributed by atoms with Crippen LogP contribution in [-0.2, 0) is 19.7 Å². The molecule has 3 rings (SSSR count). The van der Waals surface area contributed by atoms with Crippen molar-refractivity contribution in [1.82, 2.24) is 14.7 Å². The minimum Gasteiger partial charge on any atom is -0.343 e. The normalized spacial score (nSPS) is 24.5. The van der Waals surface area contributed by atoms with Gasteiger partial charge in [-0.15, -0.1) is 0 Å². The van der Waals surface area contributed by atoms with E-state index in [4.69, 9.17) is 4.84 Å². The van der Waals surface area contributed by atoms with Crippen molar-refractivity contribution in [2.75, 3.05) is 33.3 Å². The minimum atomic E-state index is -3.65. The molecule has 1 amide bonds. The standard InChI is InChI=1S/C17H24FN3O4S/c1-20-17(13-5-2-6-14(18)11-13)15(12-25-20)26(23,24)19-8-4-10-21-9-3-7-16(21)22/h2,5-6,11,15,17,19H,3-4,7-10,12H2,1H3/t15-,17-/m0/s1. The Labute approximate surface area is 153 Å². The molecule has 0 spiro atoms. The third-order valence-corrected chi connectivity index (χ3v) is 6.65. The van der Waals surface area contributed by atoms with Gasteiger partial charge in [-0.25, -0.2) is 17.5 Å². The van der Waals surface area contributed by atoms with Crippen LogP contribution in [0.3, 0.4) is 0 Å². The van der Waals surface area contributed by atoms with E-state index in [9.17, 15) is 17.6 Å². The van der Waals surface area contributed by atoms with Crippen molar-refractivity contribution in [1.29, 1.82) is 0 Å². The van der Waals surface area contributed by atoms with Crippen LogP contribution in [0.15, 0.2) is 24.3 Å². The number of carbonyl (C=O) groups excluding carboxylic acids is 1. The Hall–Kier alpha value is -1.55. The second-order valence-corrected chi connectivity index (χ2v) is 8.64. The van der Waals surface area contributed by atoms with Gasteiger partial charge in [0.25, 0.3) is 0 Å². The second kappa shape index (κ2) is 7.99. The maximum absolute atomic E-state index is 13.5. The van der Waals surface area contributed by atoms with Gasteiger partial charge in [0, 0.05) is 33.1 Å². The summed E-state index contributed by atoms with van der Waals surface area (Å²) in [6.07, 6.45) is 2.00. The zero-order chi connectivity index (χ0) is 18.7. The predicted molar refractivity (Wildman–Crippen MR) is 94.0 cm³/mol. The van der Waals surface area contributed by atoms with Gasteiger partial charge in [0.05, 0.1) is 12.6 Å². The van der Waals surface area contributed by atoms with Crippen LogP contribution < -0.4 is 4.72 Å². The molecular formula is C17H24FN3O4S. The second-order valence-electron chi connectivity index (χ2n) is 6.66. The fraction of sp³-hybridized carbons (Fsp3) is 0.588. The smallest absolute Gasteiger partial charge is 0.222 e. The number of benzene rings is 1. The first-order chi connectivity index (χ1) is 12.4. The molecule has 7 nitrogen and oxygen atoms in total. The molecule has 2 aliphatic rings. The molecule has 26 heavy (non-hydrogen) atoms. The van der Waals surface area contributed by atoms with Crippen LogP contribution in [0.2, 0.25) is 0 Å². The highest BCUT2D eigenvalue weighted by molar-refractivity contribution is 7.90. The zero-order valence-electron chi connectivity index (χ0n) is 14.7. The van der Waals surface area contributed by atoms with Gasteiger partial charge in [0.2, 0.25) is 15.9 Å². The van der Waals surface area contributed by atoms with Crippen molar-refractivity contribution >= 4 is 15.9 Å². The lowest BCUT2D eigenvalue weighted by Gasteiger charge is -2.23. The first-order valence-electron chi connectivity index (χ1n) is 8.76. The number of likely N-dealkylation sites (tertiary alicyclic amines) is 1. The van der Waals surface area contributed by atoms with Crippen molar-refractivity contribution in [3.8, 4) is 0 Å². The van der Waals surface area contributed by atoms with E-state index in [-0.39, 0.29) is 19.1 Å². The maximum Gasteiger partial charge on any atom is 0.222 e. The molecule has 2 fully saturated rings. The first-order valence-corrected chi connectivity index (χ1v) is 10.3. The third kappa shape index (κ3) is 4.22. The number of amides is 1. The number of nitrogens with one attached hydrogen (secondary N) is 1. The summed E-state index contributed by atoms with van der Waals surface area (Å²) in [7, 11) is -2.01. The van der Waals surface area contributed by atoms with Crippen molar-refractivity contribution in [3.63, 3.8) is 0 Å². The quantitative estimate of drug-likeness (QED) is 0.710. The van der Waals surface area contributed by atoms with Crippen LogP contribution in [0, 0.1) is 5.82 Å². The molecule has 0 saturated carbocycles.